The van der Waals surface area contributed by atoms with Gasteiger partial charge in [0.1, 0.15) is 11.7 Å². The van der Waals surface area contributed by atoms with E-state index < -0.39 is 0 Å². The van der Waals surface area contributed by atoms with Crippen LogP contribution in [0.15, 0.2) is 76.7 Å². The molecule has 140 valence electrons. The van der Waals surface area contributed by atoms with Gasteiger partial charge in [0.05, 0.1) is 23.5 Å². The molecule has 0 atom stereocenters. The number of fused-ring (bicyclic) bond motifs is 4. The molecule has 0 unspecified atom stereocenters. The summed E-state index contributed by atoms with van der Waals surface area (Å²) in [6.45, 7) is 3.62. The molecule has 0 bridgehead atoms. The number of aliphatic imine (C=N–C) groups is 2. The van der Waals surface area contributed by atoms with Crippen LogP contribution < -0.4 is 0 Å². The average Bonchev–Trinajstić information content (AvgIpc) is 3.38. The third-order valence-electron chi connectivity index (χ3n) is 5.40. The van der Waals surface area contributed by atoms with Gasteiger partial charge in [-0.05, 0) is 25.1 Å². The first kappa shape index (κ1) is 16.2. The van der Waals surface area contributed by atoms with Crippen molar-refractivity contribution in [3.63, 3.8) is 0 Å². The van der Waals surface area contributed by atoms with E-state index in [0.717, 1.165) is 58.3 Å². The monoisotopic (exact) mass is 378 g/mol. The molecule has 0 saturated heterocycles. The number of nitrogens with zero attached hydrogens (tertiary/aromatic N) is 6. The maximum atomic E-state index is 4.96. The van der Waals surface area contributed by atoms with Crippen molar-refractivity contribution in [1.82, 2.24) is 19.7 Å². The van der Waals surface area contributed by atoms with Crippen LogP contribution in [0.4, 0.5) is 5.82 Å². The Morgan fingerprint density at radius 3 is 2.45 bits per heavy atom. The summed E-state index contributed by atoms with van der Waals surface area (Å²) in [5.74, 6) is 2.56. The van der Waals surface area contributed by atoms with Crippen LogP contribution in [0, 0.1) is 6.92 Å². The number of benzene rings is 2. The molecule has 0 aliphatic carbocycles. The molecule has 2 aromatic carbocycles. The predicted molar refractivity (Wildman–Crippen MR) is 114 cm³/mol. The standard InChI is InChI=1S/C23H18N6/c1-15-18-14-19-20(26-23(18)29(27-15)17-10-6-3-7-11-17)25-21(16-8-4-2-5-9-16)28-13-12-24-22(19)28/h2-11,14H,12-13H2,1H3. The summed E-state index contributed by atoms with van der Waals surface area (Å²) in [5.41, 5.74) is 4.80. The van der Waals surface area contributed by atoms with Gasteiger partial charge in [-0.2, -0.15) is 5.10 Å². The van der Waals surface area contributed by atoms with Crippen LogP contribution in [0.3, 0.4) is 0 Å². The molecule has 29 heavy (non-hydrogen) atoms. The van der Waals surface area contributed by atoms with E-state index in [1.54, 1.807) is 0 Å². The van der Waals surface area contributed by atoms with Crippen LogP contribution in [-0.4, -0.2) is 44.4 Å². The number of hydrogen-bond acceptors (Lipinski definition) is 5. The summed E-state index contributed by atoms with van der Waals surface area (Å²) in [7, 11) is 0. The van der Waals surface area contributed by atoms with Crippen molar-refractivity contribution in [3.8, 4) is 5.69 Å². The van der Waals surface area contributed by atoms with E-state index in [-0.39, 0.29) is 0 Å². The van der Waals surface area contributed by atoms with Crippen molar-refractivity contribution in [2.75, 3.05) is 13.1 Å². The van der Waals surface area contributed by atoms with Crippen LogP contribution in [0.25, 0.3) is 16.7 Å². The van der Waals surface area contributed by atoms with Crippen LogP contribution in [0.1, 0.15) is 16.8 Å². The van der Waals surface area contributed by atoms with Gasteiger partial charge in [-0.1, -0.05) is 48.5 Å². The van der Waals surface area contributed by atoms with Gasteiger partial charge in [0.25, 0.3) is 0 Å². The zero-order chi connectivity index (χ0) is 19.4. The maximum Gasteiger partial charge on any atom is 0.167 e. The minimum atomic E-state index is 0.699. The van der Waals surface area contributed by atoms with E-state index >= 15 is 0 Å². The van der Waals surface area contributed by atoms with Gasteiger partial charge in [-0.25, -0.2) is 14.7 Å². The van der Waals surface area contributed by atoms with Crippen LogP contribution in [-0.2, 0) is 0 Å². The highest BCUT2D eigenvalue weighted by Gasteiger charge is 2.32. The Kier molecular flexibility index (Phi) is 3.41. The molecule has 4 aromatic rings. The van der Waals surface area contributed by atoms with Crippen molar-refractivity contribution < 1.29 is 0 Å². The zero-order valence-corrected chi connectivity index (χ0v) is 15.9. The third kappa shape index (κ3) is 2.42. The normalized spacial score (nSPS) is 15.1. The molecular formula is C23H18N6. The first-order valence-electron chi connectivity index (χ1n) is 9.72. The first-order valence-corrected chi connectivity index (χ1v) is 9.72. The molecule has 0 N–H and O–H groups in total. The topological polar surface area (TPSA) is 58.7 Å². The number of aryl methyl sites for hydroxylation is 1. The Hall–Kier alpha value is -3.80. The summed E-state index contributed by atoms with van der Waals surface area (Å²) in [6.07, 6.45) is 0. The Labute approximate surface area is 167 Å². The molecule has 2 aliphatic heterocycles. The predicted octanol–water partition coefficient (Wildman–Crippen LogP) is 3.88. The fourth-order valence-corrected chi connectivity index (χ4v) is 4.02. The quantitative estimate of drug-likeness (QED) is 0.532. The largest absolute Gasteiger partial charge is 0.308 e. The summed E-state index contributed by atoms with van der Waals surface area (Å²) >= 11 is 0. The second-order valence-corrected chi connectivity index (χ2v) is 7.22. The van der Waals surface area contributed by atoms with Crippen molar-refractivity contribution in [2.45, 2.75) is 6.92 Å². The van der Waals surface area contributed by atoms with E-state index in [9.17, 15) is 0 Å². The lowest BCUT2D eigenvalue weighted by Gasteiger charge is -2.27. The van der Waals surface area contributed by atoms with Crippen molar-refractivity contribution in [3.05, 3.63) is 83.6 Å². The third-order valence-corrected chi connectivity index (χ3v) is 5.40. The number of pyridine rings is 1. The summed E-state index contributed by atoms with van der Waals surface area (Å²) in [4.78, 5) is 16.9. The molecule has 4 heterocycles. The number of hydrogen-bond donors (Lipinski definition) is 0. The first-order chi connectivity index (χ1) is 14.3. The molecule has 6 heteroatoms. The number of aromatic nitrogens is 3. The van der Waals surface area contributed by atoms with Crippen molar-refractivity contribution >= 4 is 28.5 Å². The maximum absolute atomic E-state index is 4.96. The lowest BCUT2D eigenvalue weighted by molar-refractivity contribution is 0.661. The number of amidine groups is 2. The fourth-order valence-electron chi connectivity index (χ4n) is 4.02. The summed E-state index contributed by atoms with van der Waals surface area (Å²) in [5, 5.41) is 5.77. The second-order valence-electron chi connectivity index (χ2n) is 7.22. The Balaban J connectivity index is 1.61. The molecule has 2 aliphatic rings. The van der Waals surface area contributed by atoms with Crippen molar-refractivity contribution in [1.29, 1.82) is 0 Å². The molecule has 0 saturated carbocycles. The van der Waals surface area contributed by atoms with Crippen molar-refractivity contribution in [2.24, 2.45) is 9.98 Å². The average molecular weight is 378 g/mol. The van der Waals surface area contributed by atoms with E-state index in [4.69, 9.17) is 20.1 Å². The van der Waals surface area contributed by atoms with E-state index in [1.165, 1.54) is 0 Å². The second kappa shape index (κ2) is 6.10. The van der Waals surface area contributed by atoms with Gasteiger partial charge < -0.3 is 4.90 Å². The van der Waals surface area contributed by atoms with Gasteiger partial charge in [0.2, 0.25) is 0 Å². The highest BCUT2D eigenvalue weighted by molar-refractivity contribution is 6.21. The molecule has 0 radical (unpaired) electrons. The summed E-state index contributed by atoms with van der Waals surface area (Å²) < 4.78 is 1.89. The smallest absolute Gasteiger partial charge is 0.167 e. The molecule has 0 spiro atoms. The SMILES string of the molecule is Cc1nn(-c2ccccc2)c2nc3c(cc12)C1=NCCN1C(c1ccccc1)=N3. The van der Waals surface area contributed by atoms with Gasteiger partial charge in [0, 0.05) is 17.5 Å². The highest BCUT2D eigenvalue weighted by atomic mass is 15.3. The molecular weight excluding hydrogens is 360 g/mol. The van der Waals surface area contributed by atoms with E-state index in [2.05, 4.69) is 23.1 Å². The molecule has 2 aromatic heterocycles. The van der Waals surface area contributed by atoms with Gasteiger partial charge >= 0.3 is 0 Å². The van der Waals surface area contributed by atoms with Gasteiger partial charge in [0.15, 0.2) is 11.5 Å². The van der Waals surface area contributed by atoms with Gasteiger partial charge in [-0.3, -0.25) is 4.99 Å². The van der Waals surface area contributed by atoms with Crippen LogP contribution in [0.5, 0.6) is 0 Å². The Morgan fingerprint density at radius 2 is 1.66 bits per heavy atom. The minimum absolute atomic E-state index is 0.699. The van der Waals surface area contributed by atoms with Gasteiger partial charge in [-0.15, -0.1) is 0 Å². The minimum Gasteiger partial charge on any atom is -0.308 e. The Bertz CT molecular complexity index is 1300. The van der Waals surface area contributed by atoms with E-state index in [0.29, 0.717) is 5.82 Å². The molecule has 6 nitrogen and oxygen atoms in total. The fraction of sp³-hybridized carbons (Fsp3) is 0.130. The number of para-hydroxylation sites is 1. The van der Waals surface area contributed by atoms with E-state index in [1.807, 2.05) is 60.1 Å². The Morgan fingerprint density at radius 1 is 0.897 bits per heavy atom. The zero-order valence-electron chi connectivity index (χ0n) is 15.9. The summed E-state index contributed by atoms with van der Waals surface area (Å²) in [6, 6.07) is 22.5. The molecule has 0 amide bonds. The number of rotatable bonds is 2. The molecule has 0 fully saturated rings. The molecule has 6 rings (SSSR count). The van der Waals surface area contributed by atoms with Crippen LogP contribution >= 0.6 is 0 Å². The highest BCUT2D eigenvalue weighted by Crippen LogP contribution is 2.33. The van der Waals surface area contributed by atoms with Crippen LogP contribution in [0.2, 0.25) is 0 Å². The lowest BCUT2D eigenvalue weighted by atomic mass is 10.1. The lowest BCUT2D eigenvalue weighted by Crippen LogP contribution is -2.38.